The van der Waals surface area contributed by atoms with Crippen molar-refractivity contribution in [1.82, 2.24) is 0 Å². The van der Waals surface area contributed by atoms with Crippen LogP contribution in [0, 0.1) is 0 Å². The van der Waals surface area contributed by atoms with Gasteiger partial charge in [0.2, 0.25) is 0 Å². The van der Waals surface area contributed by atoms with Gasteiger partial charge in [0, 0.05) is 0 Å². The van der Waals surface area contributed by atoms with Crippen LogP contribution >= 0.6 is 15.9 Å². The molecule has 2 nitrogen and oxygen atoms in total. The summed E-state index contributed by atoms with van der Waals surface area (Å²) in [7, 11) is 0. The van der Waals surface area contributed by atoms with Gasteiger partial charge in [-0.05, 0) is 12.8 Å². The Bertz CT molecular complexity index is 145. The fourth-order valence-corrected chi connectivity index (χ4v) is 2.37. The third kappa shape index (κ3) is 2.01. The van der Waals surface area contributed by atoms with Gasteiger partial charge in [0.1, 0.15) is 0 Å². The summed E-state index contributed by atoms with van der Waals surface area (Å²) in [5, 5.41) is 0. The fraction of sp³-hybridized carbons (Fsp3) is 1.00. The highest BCUT2D eigenvalue weighted by molar-refractivity contribution is 9.09. The summed E-state index contributed by atoms with van der Waals surface area (Å²) < 4.78 is 11.2. The summed E-state index contributed by atoms with van der Waals surface area (Å²) in [4.78, 5) is 0.415. The minimum atomic E-state index is 0.299. The lowest BCUT2D eigenvalue weighted by Gasteiger charge is -2.18. The molecule has 0 aromatic carbocycles. The maximum absolute atomic E-state index is 5.91. The molecule has 3 heteroatoms. The molecule has 2 atom stereocenters. The van der Waals surface area contributed by atoms with Crippen molar-refractivity contribution < 1.29 is 9.47 Å². The molecule has 0 radical (unpaired) electrons. The van der Waals surface area contributed by atoms with Crippen molar-refractivity contribution in [2.45, 2.75) is 42.7 Å². The first-order chi connectivity index (χ1) is 5.86. The van der Waals surface area contributed by atoms with Crippen LogP contribution in [0.4, 0.5) is 0 Å². The molecule has 1 saturated heterocycles. The second kappa shape index (κ2) is 4.07. The van der Waals surface area contributed by atoms with Gasteiger partial charge in [-0.25, -0.2) is 0 Å². The van der Waals surface area contributed by atoms with E-state index in [2.05, 4.69) is 15.9 Å². The lowest BCUT2D eigenvalue weighted by Crippen LogP contribution is -2.26. The van der Waals surface area contributed by atoms with Gasteiger partial charge in [-0.1, -0.05) is 28.8 Å². The number of alkyl halides is 1. The molecule has 12 heavy (non-hydrogen) atoms. The predicted molar refractivity (Wildman–Crippen MR) is 50.7 cm³/mol. The van der Waals surface area contributed by atoms with Gasteiger partial charge >= 0.3 is 0 Å². The number of hydrogen-bond donors (Lipinski definition) is 0. The Balaban J connectivity index is 1.77. The number of halogens is 1. The highest BCUT2D eigenvalue weighted by Gasteiger charge is 2.30. The molecule has 1 saturated carbocycles. The molecule has 0 amide bonds. The second-order valence-corrected chi connectivity index (χ2v) is 4.81. The minimum Gasteiger partial charge on any atom is -0.377 e. The molecule has 1 aliphatic carbocycles. The summed E-state index contributed by atoms with van der Waals surface area (Å²) in [6.07, 6.45) is 5.98. The van der Waals surface area contributed by atoms with E-state index < -0.39 is 0 Å². The van der Waals surface area contributed by atoms with Crippen LogP contribution in [0.25, 0.3) is 0 Å². The van der Waals surface area contributed by atoms with Gasteiger partial charge in [0.15, 0.2) is 0 Å². The van der Waals surface area contributed by atoms with E-state index in [4.69, 9.17) is 9.47 Å². The molecule has 70 valence electrons. The average molecular weight is 235 g/mol. The van der Waals surface area contributed by atoms with Gasteiger partial charge in [-0.2, -0.15) is 0 Å². The summed E-state index contributed by atoms with van der Waals surface area (Å²) in [6, 6.07) is 0. The van der Waals surface area contributed by atoms with Crippen LogP contribution in [0.15, 0.2) is 0 Å². The quantitative estimate of drug-likeness (QED) is 0.682. The molecule has 2 rings (SSSR count). The molecule has 0 N–H and O–H groups in total. The van der Waals surface area contributed by atoms with Crippen molar-refractivity contribution in [3.63, 3.8) is 0 Å². The zero-order valence-corrected chi connectivity index (χ0v) is 8.76. The Hall–Kier alpha value is 0.400. The molecule has 0 aromatic rings. The van der Waals surface area contributed by atoms with E-state index in [0.717, 1.165) is 13.2 Å². The summed E-state index contributed by atoms with van der Waals surface area (Å²) in [5.41, 5.74) is 0. The lowest BCUT2D eigenvalue weighted by molar-refractivity contribution is -0.00946. The van der Waals surface area contributed by atoms with Crippen molar-refractivity contribution in [3.8, 4) is 0 Å². The smallest absolute Gasteiger partial charge is 0.0959 e. The van der Waals surface area contributed by atoms with Crippen molar-refractivity contribution in [2.24, 2.45) is 0 Å². The highest BCUT2D eigenvalue weighted by Crippen LogP contribution is 2.26. The zero-order valence-electron chi connectivity index (χ0n) is 7.17. The van der Waals surface area contributed by atoms with Gasteiger partial charge in [-0.15, -0.1) is 0 Å². The lowest BCUT2D eigenvalue weighted by atomic mass is 10.2. The molecule has 1 aliphatic heterocycles. The first-order valence-corrected chi connectivity index (χ1v) is 5.65. The molecule has 0 spiro atoms. The SMILES string of the molecule is BrC1COCC1OC1CCCC1. The van der Waals surface area contributed by atoms with Crippen LogP contribution in [-0.2, 0) is 9.47 Å². The first kappa shape index (κ1) is 8.97. The monoisotopic (exact) mass is 234 g/mol. The molecule has 2 unspecified atom stereocenters. The van der Waals surface area contributed by atoms with Gasteiger partial charge in [-0.3, -0.25) is 0 Å². The standard InChI is InChI=1S/C9H15BrO2/c10-8-5-11-6-9(8)12-7-3-1-2-4-7/h7-9H,1-6H2. The molecule has 0 bridgehead atoms. The van der Waals surface area contributed by atoms with E-state index in [1.165, 1.54) is 25.7 Å². The molecule has 1 heterocycles. The van der Waals surface area contributed by atoms with Gasteiger partial charge in [0.05, 0.1) is 30.2 Å². The molecule has 2 fully saturated rings. The number of ether oxygens (including phenoxy) is 2. The maximum atomic E-state index is 5.91. The Kier molecular flexibility index (Phi) is 3.05. The van der Waals surface area contributed by atoms with E-state index in [1.54, 1.807) is 0 Å². The highest BCUT2D eigenvalue weighted by atomic mass is 79.9. The Morgan fingerprint density at radius 2 is 1.92 bits per heavy atom. The maximum Gasteiger partial charge on any atom is 0.0959 e. The van der Waals surface area contributed by atoms with Gasteiger partial charge < -0.3 is 9.47 Å². The Morgan fingerprint density at radius 1 is 1.17 bits per heavy atom. The first-order valence-electron chi connectivity index (χ1n) is 4.73. The van der Waals surface area contributed by atoms with E-state index in [0.29, 0.717) is 17.0 Å². The summed E-state index contributed by atoms with van der Waals surface area (Å²) >= 11 is 3.56. The zero-order chi connectivity index (χ0) is 8.39. The van der Waals surface area contributed by atoms with E-state index in [9.17, 15) is 0 Å². The van der Waals surface area contributed by atoms with E-state index in [-0.39, 0.29) is 0 Å². The van der Waals surface area contributed by atoms with E-state index in [1.807, 2.05) is 0 Å². The van der Waals surface area contributed by atoms with Crippen LogP contribution in [0.5, 0.6) is 0 Å². The van der Waals surface area contributed by atoms with Gasteiger partial charge in [0.25, 0.3) is 0 Å². The second-order valence-electron chi connectivity index (χ2n) is 3.63. The average Bonchev–Trinajstić information content (AvgIpc) is 2.65. The van der Waals surface area contributed by atoms with E-state index >= 15 is 0 Å². The van der Waals surface area contributed by atoms with Crippen molar-refractivity contribution in [3.05, 3.63) is 0 Å². The number of hydrogen-bond acceptors (Lipinski definition) is 2. The fourth-order valence-electron chi connectivity index (χ4n) is 1.90. The molecule has 0 aromatic heterocycles. The minimum absolute atomic E-state index is 0.299. The predicted octanol–water partition coefficient (Wildman–Crippen LogP) is 2.11. The third-order valence-electron chi connectivity index (χ3n) is 2.63. The van der Waals surface area contributed by atoms with Crippen molar-refractivity contribution in [1.29, 1.82) is 0 Å². The van der Waals surface area contributed by atoms with Crippen LogP contribution in [0.1, 0.15) is 25.7 Å². The molecular weight excluding hydrogens is 220 g/mol. The Labute approximate surface area is 81.7 Å². The summed E-state index contributed by atoms with van der Waals surface area (Å²) in [6.45, 7) is 1.57. The van der Waals surface area contributed by atoms with Crippen LogP contribution in [0.2, 0.25) is 0 Å². The molecular formula is C9H15BrO2. The topological polar surface area (TPSA) is 18.5 Å². The van der Waals surface area contributed by atoms with Crippen LogP contribution < -0.4 is 0 Å². The van der Waals surface area contributed by atoms with Crippen molar-refractivity contribution >= 4 is 15.9 Å². The largest absolute Gasteiger partial charge is 0.377 e. The number of rotatable bonds is 2. The Morgan fingerprint density at radius 3 is 2.50 bits per heavy atom. The normalized spacial score (nSPS) is 37.8. The van der Waals surface area contributed by atoms with Crippen LogP contribution in [-0.4, -0.2) is 30.2 Å². The molecule has 2 aliphatic rings. The van der Waals surface area contributed by atoms with Crippen LogP contribution in [0.3, 0.4) is 0 Å². The third-order valence-corrected chi connectivity index (χ3v) is 3.49. The van der Waals surface area contributed by atoms with Crippen molar-refractivity contribution in [2.75, 3.05) is 13.2 Å². The summed E-state index contributed by atoms with van der Waals surface area (Å²) in [5.74, 6) is 0.